The van der Waals surface area contributed by atoms with Gasteiger partial charge in [0, 0.05) is 0 Å². The Kier molecular flexibility index (Phi) is 10.00. The van der Waals surface area contributed by atoms with E-state index in [4.69, 9.17) is 0 Å². The average Bonchev–Trinajstić information content (AvgIpc) is 2.35. The van der Waals surface area contributed by atoms with Gasteiger partial charge in [-0.2, -0.15) is 0 Å². The summed E-state index contributed by atoms with van der Waals surface area (Å²) in [5.74, 6) is 0. The van der Waals surface area contributed by atoms with Crippen LogP contribution in [-0.4, -0.2) is 55.7 Å². The fourth-order valence-corrected chi connectivity index (χ4v) is 5.68. The predicted molar refractivity (Wildman–Crippen MR) is 99.3 cm³/mol. The van der Waals surface area contributed by atoms with Crippen molar-refractivity contribution in [3.63, 3.8) is 0 Å². The molecule has 0 saturated carbocycles. The quantitative estimate of drug-likeness (QED) is 0.417. The summed E-state index contributed by atoms with van der Waals surface area (Å²) in [7, 11) is 0. The normalized spacial score (nSPS) is 25.1. The number of rotatable bonds is 1. The number of nitrogens with zero attached hydrogens (tertiary/aromatic N) is 1. The van der Waals surface area contributed by atoms with E-state index in [0.717, 1.165) is 39.0 Å². The summed E-state index contributed by atoms with van der Waals surface area (Å²) in [5.41, 5.74) is 0. The van der Waals surface area contributed by atoms with Gasteiger partial charge < -0.3 is 0 Å². The molecular formula is C14H35Cl2F4N4Ti. The molecule has 0 radical (unpaired) electrons. The molecular weight excluding hydrogens is 419 g/mol. The molecule has 0 amide bonds. The topological polar surface area (TPSA) is 39.3 Å². The molecule has 1 saturated heterocycles. The molecule has 11 heteroatoms. The molecule has 0 aromatic carbocycles. The molecule has 0 bridgehead atoms. The standard InChI is InChI=1S/C12H27N4.2CH3.2ClH.4FH.Ti/c1-5-13-7-2-9-15-11-4-12-16-10-3-8-14-6-1;;;;;;;;;/h13-15H,1-12H2;2*1H3;6*1H;/q-1;;;;;;;;;+5/p-4. The molecule has 1 heterocycles. The Morgan fingerprint density at radius 2 is 0.880 bits per heavy atom. The van der Waals surface area contributed by atoms with Crippen molar-refractivity contribution in [2.45, 2.75) is 36.1 Å². The molecule has 157 valence electrons. The van der Waals surface area contributed by atoms with Crippen molar-refractivity contribution in [3.05, 3.63) is 0 Å². The van der Waals surface area contributed by atoms with E-state index >= 15 is 0 Å². The first-order valence-electron chi connectivity index (χ1n) is 8.73. The molecule has 25 heavy (non-hydrogen) atoms. The Morgan fingerprint density at radius 3 is 1.16 bits per heavy atom. The Morgan fingerprint density at radius 1 is 0.600 bits per heavy atom. The number of hydrogen-bond acceptors (Lipinski definition) is 4. The van der Waals surface area contributed by atoms with E-state index in [2.05, 4.69) is 16.0 Å². The van der Waals surface area contributed by atoms with E-state index in [0.29, 0.717) is 13.1 Å². The van der Waals surface area contributed by atoms with Gasteiger partial charge >= 0.3 is 135 Å². The second-order valence-electron chi connectivity index (χ2n) is 7.88. The summed E-state index contributed by atoms with van der Waals surface area (Å²) in [4.78, 5) is 0. The summed E-state index contributed by atoms with van der Waals surface area (Å²) in [5, 5.41) is 9.40. The Bertz CT molecular complexity index is 367. The van der Waals surface area contributed by atoms with Crippen molar-refractivity contribution in [1.29, 1.82) is 0 Å². The molecule has 0 spiro atoms. The Balaban J connectivity index is 0. The zero-order chi connectivity index (χ0) is 17.6. The predicted octanol–water partition coefficient (Wildman–Crippen LogP) is 3.79. The van der Waals surface area contributed by atoms with Crippen LogP contribution in [0, 0.1) is 0 Å². The first-order valence-corrected chi connectivity index (χ1v) is 14.9. The second-order valence-corrected chi connectivity index (χ2v) is 18.9. The van der Waals surface area contributed by atoms with Crippen LogP contribution >= 0.6 is 24.8 Å². The molecule has 1 aliphatic heterocycles. The molecule has 0 atom stereocenters. The van der Waals surface area contributed by atoms with Crippen LogP contribution in [0.5, 0.6) is 0 Å². The molecule has 0 aliphatic carbocycles. The van der Waals surface area contributed by atoms with Gasteiger partial charge in [-0.1, -0.05) is 0 Å². The van der Waals surface area contributed by atoms with Crippen LogP contribution in [0.2, 0.25) is 10.5 Å². The zero-order valence-electron chi connectivity index (χ0n) is 15.3. The van der Waals surface area contributed by atoms with E-state index in [1.807, 2.05) is 0 Å². The van der Waals surface area contributed by atoms with E-state index in [9.17, 15) is 12.4 Å². The van der Waals surface area contributed by atoms with Gasteiger partial charge in [-0.3, -0.25) is 0 Å². The van der Waals surface area contributed by atoms with Gasteiger partial charge in [-0.25, -0.2) is 0 Å². The minimum atomic E-state index is -9.50. The van der Waals surface area contributed by atoms with E-state index in [1.165, 1.54) is 0 Å². The van der Waals surface area contributed by atoms with Crippen molar-refractivity contribution in [1.82, 2.24) is 19.3 Å². The van der Waals surface area contributed by atoms with Gasteiger partial charge in [-0.15, -0.1) is 24.8 Å². The first kappa shape index (κ1) is 28.1. The summed E-state index contributed by atoms with van der Waals surface area (Å²) < 4.78 is 57.7. The second kappa shape index (κ2) is 8.90. The van der Waals surface area contributed by atoms with Gasteiger partial charge in [0.15, 0.2) is 0 Å². The summed E-state index contributed by atoms with van der Waals surface area (Å²) in [6.45, 7) is 3.70. The third-order valence-corrected chi connectivity index (χ3v) is 8.25. The zero-order valence-corrected chi connectivity index (χ0v) is 18.5. The van der Waals surface area contributed by atoms with Crippen LogP contribution in [0.3, 0.4) is 0 Å². The van der Waals surface area contributed by atoms with Crippen LogP contribution in [0.25, 0.3) is 0 Å². The van der Waals surface area contributed by atoms with E-state index in [1.54, 1.807) is 0 Å². The first-order chi connectivity index (χ1) is 10.3. The molecule has 1 rings (SSSR count). The van der Waals surface area contributed by atoms with E-state index < -0.39 is 15.1 Å². The van der Waals surface area contributed by atoms with Crippen molar-refractivity contribution in [3.8, 4) is 0 Å². The van der Waals surface area contributed by atoms with Crippen molar-refractivity contribution in [2.75, 3.05) is 52.4 Å². The van der Waals surface area contributed by atoms with Crippen molar-refractivity contribution >= 4 is 24.8 Å². The van der Waals surface area contributed by atoms with Crippen LogP contribution in [0.15, 0.2) is 0 Å². The Labute approximate surface area is 160 Å². The van der Waals surface area contributed by atoms with Gasteiger partial charge in [0.25, 0.3) is 0 Å². The molecule has 4 nitrogen and oxygen atoms in total. The van der Waals surface area contributed by atoms with Crippen molar-refractivity contribution in [2.24, 2.45) is 0 Å². The fourth-order valence-electron chi connectivity index (χ4n) is 2.74. The van der Waals surface area contributed by atoms with Crippen LogP contribution < -0.4 is 16.0 Å². The molecule has 1 fully saturated rings. The van der Waals surface area contributed by atoms with Crippen LogP contribution in [-0.2, 0) is 15.1 Å². The molecule has 1 aliphatic rings. The molecule has 0 aromatic heterocycles. The van der Waals surface area contributed by atoms with Gasteiger partial charge in [0.05, 0.1) is 0 Å². The molecule has 0 unspecified atom stereocenters. The number of hydrogen-bond donors (Lipinski definition) is 3. The van der Waals surface area contributed by atoms with Gasteiger partial charge in [-0.05, 0) is 0 Å². The van der Waals surface area contributed by atoms with Crippen LogP contribution in [0.4, 0.5) is 12.4 Å². The summed E-state index contributed by atoms with van der Waals surface area (Å²) in [6.07, 6.45) is 2.44. The summed E-state index contributed by atoms with van der Waals surface area (Å²) in [6, 6.07) is 0. The maximum atomic E-state index is 14.4. The Hall–Kier alpha value is 0.854. The van der Waals surface area contributed by atoms with Gasteiger partial charge in [0.1, 0.15) is 0 Å². The third kappa shape index (κ3) is 13.6. The molecule has 0 aromatic rings. The minimum absolute atomic E-state index is 0. The number of nitrogens with one attached hydrogen (secondary N) is 3. The fraction of sp³-hybridized carbons (Fsp3) is 1.00. The SMILES string of the molecule is Cl.Cl.[CH3][Ti]([CH3])([F])([F])([F])([F])[N]1CCCNCCCNCCCNCCC1. The third-order valence-electron chi connectivity index (χ3n) is 4.09. The average molecular weight is 454 g/mol. The monoisotopic (exact) mass is 453 g/mol. The summed E-state index contributed by atoms with van der Waals surface area (Å²) >= 11 is -9.50. The van der Waals surface area contributed by atoms with Crippen molar-refractivity contribution < 1.29 is 27.5 Å². The maximum absolute atomic E-state index is 14.4. The van der Waals surface area contributed by atoms with E-state index in [-0.39, 0.29) is 64.6 Å². The van der Waals surface area contributed by atoms with Crippen LogP contribution in [0.1, 0.15) is 25.7 Å². The number of halogens is 6. The molecule has 3 N–H and O–H groups in total. The van der Waals surface area contributed by atoms with Gasteiger partial charge in [0.2, 0.25) is 0 Å².